The summed E-state index contributed by atoms with van der Waals surface area (Å²) in [7, 11) is 0. The third kappa shape index (κ3) is 3.52. The summed E-state index contributed by atoms with van der Waals surface area (Å²) in [6, 6.07) is 0. The number of terminal acetylenes is 1. The molecule has 0 aliphatic rings. The third-order valence-electron chi connectivity index (χ3n) is 1.11. The van der Waals surface area contributed by atoms with E-state index in [1.54, 1.807) is 25.4 Å². The lowest BCUT2D eigenvalue weighted by atomic mass is 10.3. The second kappa shape index (κ2) is 6.11. The fourth-order valence-corrected chi connectivity index (χ4v) is 0.619. The summed E-state index contributed by atoms with van der Waals surface area (Å²) in [6.45, 7) is 7.15. The summed E-state index contributed by atoms with van der Waals surface area (Å²) in [6.07, 6.45) is 9.62. The number of aryl methyl sites for hydroxylation is 1. The van der Waals surface area contributed by atoms with Crippen molar-refractivity contribution >= 4 is 6.08 Å². The molecule has 0 N–H and O–H groups in total. The summed E-state index contributed by atoms with van der Waals surface area (Å²) in [5.41, 5.74) is 1.78. The van der Waals surface area contributed by atoms with Crippen molar-refractivity contribution in [2.75, 3.05) is 0 Å². The highest BCUT2D eigenvalue weighted by atomic mass is 14.8. The van der Waals surface area contributed by atoms with Crippen molar-refractivity contribution in [1.82, 2.24) is 9.97 Å². The second-order valence-electron chi connectivity index (χ2n) is 2.02. The molecule has 0 unspecified atom stereocenters. The van der Waals surface area contributed by atoms with Gasteiger partial charge in [0.2, 0.25) is 0 Å². The van der Waals surface area contributed by atoms with Crippen LogP contribution >= 0.6 is 0 Å². The number of hydrogen-bond donors (Lipinski definition) is 0. The van der Waals surface area contributed by atoms with Crippen molar-refractivity contribution in [3.63, 3.8) is 0 Å². The maximum atomic E-state index is 4.60. The molecule has 12 heavy (non-hydrogen) atoms. The van der Waals surface area contributed by atoms with Crippen molar-refractivity contribution in [3.05, 3.63) is 30.4 Å². The first-order valence-corrected chi connectivity index (χ1v) is 3.53. The number of hydrogen-bond acceptors (Lipinski definition) is 2. The maximum Gasteiger partial charge on any atom is 0.0836 e. The van der Waals surface area contributed by atoms with Crippen LogP contribution in [0.2, 0.25) is 0 Å². The molecule has 0 aromatic carbocycles. The zero-order valence-electron chi connectivity index (χ0n) is 7.41. The van der Waals surface area contributed by atoms with Crippen molar-refractivity contribution in [2.24, 2.45) is 0 Å². The van der Waals surface area contributed by atoms with Crippen LogP contribution < -0.4 is 0 Å². The van der Waals surface area contributed by atoms with Gasteiger partial charge in [-0.15, -0.1) is 12.3 Å². The Labute approximate surface area is 73.4 Å². The standard InChI is InChI=1S/C7H8N2.C3H4/c1-3-7-6(2)8-4-5-9-7;1-3-2/h3-5H,1H2,2H3;1H,2H3. The second-order valence-corrected chi connectivity index (χ2v) is 2.02. The minimum Gasteiger partial charge on any atom is -0.258 e. The average molecular weight is 160 g/mol. The number of rotatable bonds is 1. The molecule has 0 saturated carbocycles. The fraction of sp³-hybridized carbons (Fsp3) is 0.200. The Morgan fingerprint density at radius 2 is 2.00 bits per heavy atom. The van der Waals surface area contributed by atoms with Gasteiger partial charge in [-0.25, -0.2) is 0 Å². The predicted octanol–water partition coefficient (Wildman–Crippen LogP) is 2.07. The van der Waals surface area contributed by atoms with Gasteiger partial charge in [0.05, 0.1) is 11.4 Å². The maximum absolute atomic E-state index is 4.60. The van der Waals surface area contributed by atoms with Crippen LogP contribution in [0, 0.1) is 19.3 Å². The molecule has 1 aromatic rings. The Balaban J connectivity index is 0.000000354. The molecular formula is C10H12N2. The van der Waals surface area contributed by atoms with E-state index in [1.807, 2.05) is 6.92 Å². The molecule has 1 rings (SSSR count). The molecule has 1 aromatic heterocycles. The zero-order valence-corrected chi connectivity index (χ0v) is 7.41. The van der Waals surface area contributed by atoms with Gasteiger partial charge in [-0.2, -0.15) is 0 Å². The minimum atomic E-state index is 0.859. The van der Waals surface area contributed by atoms with Crippen molar-refractivity contribution in [1.29, 1.82) is 0 Å². The van der Waals surface area contributed by atoms with Crippen LogP contribution in [0.25, 0.3) is 6.08 Å². The molecule has 0 spiro atoms. The minimum absolute atomic E-state index is 0.859. The highest BCUT2D eigenvalue weighted by Gasteiger charge is 1.90. The van der Waals surface area contributed by atoms with E-state index in [4.69, 9.17) is 0 Å². The van der Waals surface area contributed by atoms with E-state index in [2.05, 4.69) is 28.9 Å². The Hall–Kier alpha value is -1.62. The van der Waals surface area contributed by atoms with E-state index in [0.29, 0.717) is 0 Å². The van der Waals surface area contributed by atoms with Crippen LogP contribution in [0.4, 0.5) is 0 Å². The number of nitrogens with zero attached hydrogens (tertiary/aromatic N) is 2. The fourth-order valence-electron chi connectivity index (χ4n) is 0.619. The highest BCUT2D eigenvalue weighted by Crippen LogP contribution is 1.98. The van der Waals surface area contributed by atoms with E-state index < -0.39 is 0 Å². The first kappa shape index (κ1) is 10.4. The lowest BCUT2D eigenvalue weighted by molar-refractivity contribution is 1.10. The van der Waals surface area contributed by atoms with Gasteiger partial charge < -0.3 is 0 Å². The van der Waals surface area contributed by atoms with Crippen LogP contribution in [-0.2, 0) is 0 Å². The van der Waals surface area contributed by atoms with Crippen LogP contribution in [0.3, 0.4) is 0 Å². The largest absolute Gasteiger partial charge is 0.258 e. The van der Waals surface area contributed by atoms with Gasteiger partial charge in [-0.3, -0.25) is 9.97 Å². The molecule has 0 amide bonds. The summed E-state index contributed by atoms with van der Waals surface area (Å²) < 4.78 is 0. The van der Waals surface area contributed by atoms with E-state index in [0.717, 1.165) is 11.4 Å². The zero-order chi connectivity index (χ0) is 9.40. The molecule has 0 aliphatic heterocycles. The van der Waals surface area contributed by atoms with Crippen molar-refractivity contribution < 1.29 is 0 Å². The van der Waals surface area contributed by atoms with Crippen molar-refractivity contribution in [2.45, 2.75) is 13.8 Å². The smallest absolute Gasteiger partial charge is 0.0836 e. The predicted molar refractivity (Wildman–Crippen MR) is 51.4 cm³/mol. The van der Waals surface area contributed by atoms with Gasteiger partial charge in [0.15, 0.2) is 0 Å². The van der Waals surface area contributed by atoms with Crippen LogP contribution in [0.5, 0.6) is 0 Å². The molecule has 0 fully saturated rings. The summed E-state index contributed by atoms with van der Waals surface area (Å²) in [5, 5.41) is 0. The molecule has 62 valence electrons. The Morgan fingerprint density at radius 3 is 2.33 bits per heavy atom. The molecule has 0 bridgehead atoms. The summed E-state index contributed by atoms with van der Waals surface area (Å²) in [4.78, 5) is 8.03. The van der Waals surface area contributed by atoms with E-state index in [1.165, 1.54) is 0 Å². The SMILES string of the molecule is C#CC.C=Cc1nccnc1C. The molecular weight excluding hydrogens is 148 g/mol. The van der Waals surface area contributed by atoms with Gasteiger partial charge in [0.1, 0.15) is 0 Å². The van der Waals surface area contributed by atoms with Gasteiger partial charge in [0, 0.05) is 12.4 Å². The molecule has 0 saturated heterocycles. The van der Waals surface area contributed by atoms with Gasteiger partial charge in [-0.1, -0.05) is 6.58 Å². The monoisotopic (exact) mass is 160 g/mol. The molecule has 1 heterocycles. The normalized spacial score (nSPS) is 7.42. The van der Waals surface area contributed by atoms with Crippen LogP contribution in [0.1, 0.15) is 18.3 Å². The summed E-state index contributed by atoms with van der Waals surface area (Å²) >= 11 is 0. The van der Waals surface area contributed by atoms with E-state index >= 15 is 0 Å². The van der Waals surface area contributed by atoms with Crippen LogP contribution in [0.15, 0.2) is 19.0 Å². The lowest BCUT2D eigenvalue weighted by Gasteiger charge is -1.93. The quantitative estimate of drug-likeness (QED) is 0.588. The summed E-state index contributed by atoms with van der Waals surface area (Å²) in [5.74, 6) is 2.25. The van der Waals surface area contributed by atoms with Crippen LogP contribution in [-0.4, -0.2) is 9.97 Å². The molecule has 0 atom stereocenters. The Morgan fingerprint density at radius 1 is 1.50 bits per heavy atom. The molecule has 2 nitrogen and oxygen atoms in total. The van der Waals surface area contributed by atoms with Gasteiger partial charge in [0.25, 0.3) is 0 Å². The Bertz CT molecular complexity index is 284. The van der Waals surface area contributed by atoms with E-state index in [-0.39, 0.29) is 0 Å². The van der Waals surface area contributed by atoms with E-state index in [9.17, 15) is 0 Å². The molecule has 2 heteroatoms. The highest BCUT2D eigenvalue weighted by molar-refractivity contribution is 5.43. The Kier molecular flexibility index (Phi) is 5.29. The molecule has 0 aliphatic carbocycles. The number of aromatic nitrogens is 2. The first-order valence-electron chi connectivity index (χ1n) is 3.53. The first-order chi connectivity index (χ1) is 5.76. The lowest BCUT2D eigenvalue weighted by Crippen LogP contribution is -1.87. The topological polar surface area (TPSA) is 25.8 Å². The van der Waals surface area contributed by atoms with Gasteiger partial charge >= 0.3 is 0 Å². The molecule has 0 radical (unpaired) electrons. The van der Waals surface area contributed by atoms with Crippen molar-refractivity contribution in [3.8, 4) is 12.3 Å². The van der Waals surface area contributed by atoms with Gasteiger partial charge in [-0.05, 0) is 19.9 Å². The average Bonchev–Trinajstić information content (AvgIpc) is 2.07. The third-order valence-corrected chi connectivity index (χ3v) is 1.11.